The zero-order valence-corrected chi connectivity index (χ0v) is 11.8. The fourth-order valence-corrected chi connectivity index (χ4v) is 1.73. The standard InChI is InChI=1S/C12H17N3O.C2H6/c1-8-5-14-15-11(8)9-4-10(7-13-6-9)12(2,3)16;1-2/h4-6,13,16H,7H2,1-3H3,(H,14,15);1-2H3. The molecule has 0 unspecified atom stereocenters. The van der Waals surface area contributed by atoms with Gasteiger partial charge in [0, 0.05) is 18.3 Å². The van der Waals surface area contributed by atoms with Gasteiger partial charge in [-0.15, -0.1) is 0 Å². The smallest absolute Gasteiger partial charge is 0.0820 e. The number of aliphatic hydroxyl groups is 1. The lowest BCUT2D eigenvalue weighted by molar-refractivity contribution is 0.117. The summed E-state index contributed by atoms with van der Waals surface area (Å²) in [5.74, 6) is 0. The first-order valence-electron chi connectivity index (χ1n) is 6.36. The number of dihydropyridines is 1. The Labute approximate surface area is 109 Å². The van der Waals surface area contributed by atoms with Crippen LogP contribution in [-0.4, -0.2) is 27.4 Å². The SMILES string of the molecule is CC.Cc1cn[nH]c1C1=CNCC(C(C)(C)O)=C1. The van der Waals surface area contributed by atoms with Crippen molar-refractivity contribution >= 4 is 5.57 Å². The molecule has 1 aliphatic heterocycles. The Morgan fingerprint density at radius 2 is 2.00 bits per heavy atom. The predicted molar refractivity (Wildman–Crippen MR) is 75.0 cm³/mol. The Morgan fingerprint density at radius 1 is 1.33 bits per heavy atom. The summed E-state index contributed by atoms with van der Waals surface area (Å²) >= 11 is 0. The van der Waals surface area contributed by atoms with Crippen molar-refractivity contribution in [2.24, 2.45) is 0 Å². The topological polar surface area (TPSA) is 60.9 Å². The highest BCUT2D eigenvalue weighted by molar-refractivity contribution is 5.75. The van der Waals surface area contributed by atoms with Crippen molar-refractivity contribution in [3.63, 3.8) is 0 Å². The van der Waals surface area contributed by atoms with Crippen LogP contribution in [-0.2, 0) is 0 Å². The van der Waals surface area contributed by atoms with Crippen LogP contribution >= 0.6 is 0 Å². The minimum atomic E-state index is -0.791. The van der Waals surface area contributed by atoms with Crippen molar-refractivity contribution in [1.82, 2.24) is 15.5 Å². The minimum absolute atomic E-state index is 0.681. The number of aromatic amines is 1. The average Bonchev–Trinajstić information content (AvgIpc) is 2.77. The molecule has 0 bridgehead atoms. The van der Waals surface area contributed by atoms with Crippen molar-refractivity contribution in [2.45, 2.75) is 40.2 Å². The number of aromatic nitrogens is 2. The van der Waals surface area contributed by atoms with Gasteiger partial charge in [-0.25, -0.2) is 0 Å². The second-order valence-corrected chi connectivity index (χ2v) is 4.64. The number of rotatable bonds is 2. The van der Waals surface area contributed by atoms with Crippen molar-refractivity contribution in [3.05, 3.63) is 35.3 Å². The molecule has 100 valence electrons. The van der Waals surface area contributed by atoms with Crippen LogP contribution in [0.3, 0.4) is 0 Å². The van der Waals surface area contributed by atoms with Crippen molar-refractivity contribution in [1.29, 1.82) is 0 Å². The first-order valence-corrected chi connectivity index (χ1v) is 6.36. The number of aryl methyl sites for hydroxylation is 1. The summed E-state index contributed by atoms with van der Waals surface area (Å²) in [7, 11) is 0. The molecule has 3 N–H and O–H groups in total. The zero-order valence-electron chi connectivity index (χ0n) is 11.8. The molecule has 4 nitrogen and oxygen atoms in total. The molecule has 2 rings (SSSR count). The summed E-state index contributed by atoms with van der Waals surface area (Å²) in [6, 6.07) is 0. The number of hydrogen-bond donors (Lipinski definition) is 3. The number of hydrogen-bond acceptors (Lipinski definition) is 3. The van der Waals surface area contributed by atoms with E-state index in [1.165, 1.54) is 0 Å². The predicted octanol–water partition coefficient (Wildman–Crippen LogP) is 2.39. The number of nitrogens with one attached hydrogen (secondary N) is 2. The van der Waals surface area contributed by atoms with Crippen LogP contribution in [0.2, 0.25) is 0 Å². The lowest BCUT2D eigenvalue weighted by Crippen LogP contribution is -2.30. The van der Waals surface area contributed by atoms with Gasteiger partial charge < -0.3 is 10.4 Å². The van der Waals surface area contributed by atoms with E-state index < -0.39 is 5.60 Å². The summed E-state index contributed by atoms with van der Waals surface area (Å²) < 4.78 is 0. The third-order valence-corrected chi connectivity index (χ3v) is 2.78. The molecule has 0 aliphatic carbocycles. The van der Waals surface area contributed by atoms with E-state index >= 15 is 0 Å². The van der Waals surface area contributed by atoms with Gasteiger partial charge in [-0.3, -0.25) is 5.10 Å². The van der Waals surface area contributed by atoms with Gasteiger partial charge in [-0.2, -0.15) is 5.10 Å². The second kappa shape index (κ2) is 5.87. The Morgan fingerprint density at radius 3 is 2.50 bits per heavy atom. The van der Waals surface area contributed by atoms with E-state index in [1.807, 2.05) is 33.0 Å². The molecule has 1 aliphatic rings. The molecule has 0 fully saturated rings. The van der Waals surface area contributed by atoms with Gasteiger partial charge in [0.1, 0.15) is 0 Å². The maximum absolute atomic E-state index is 9.97. The minimum Gasteiger partial charge on any atom is -0.386 e. The van der Waals surface area contributed by atoms with Crippen molar-refractivity contribution in [3.8, 4) is 0 Å². The van der Waals surface area contributed by atoms with Gasteiger partial charge in [0.05, 0.1) is 17.5 Å². The van der Waals surface area contributed by atoms with E-state index in [2.05, 4.69) is 15.5 Å². The lowest BCUT2D eigenvalue weighted by Gasteiger charge is -2.25. The third-order valence-electron chi connectivity index (χ3n) is 2.78. The first kappa shape index (κ1) is 14.5. The zero-order chi connectivity index (χ0) is 13.8. The van der Waals surface area contributed by atoms with Crippen LogP contribution in [0.15, 0.2) is 24.0 Å². The van der Waals surface area contributed by atoms with Gasteiger partial charge in [0.25, 0.3) is 0 Å². The summed E-state index contributed by atoms with van der Waals surface area (Å²) in [6.07, 6.45) is 5.75. The molecular formula is C14H23N3O. The molecule has 0 aromatic carbocycles. The van der Waals surface area contributed by atoms with Crippen LogP contribution in [0.5, 0.6) is 0 Å². The van der Waals surface area contributed by atoms with Gasteiger partial charge in [-0.05, 0) is 38.0 Å². The Hall–Kier alpha value is -1.55. The Bertz CT molecular complexity index is 450. The maximum Gasteiger partial charge on any atom is 0.0820 e. The highest BCUT2D eigenvalue weighted by atomic mass is 16.3. The van der Waals surface area contributed by atoms with Gasteiger partial charge in [0.15, 0.2) is 0 Å². The van der Waals surface area contributed by atoms with Crippen LogP contribution in [0.25, 0.3) is 5.57 Å². The quantitative estimate of drug-likeness (QED) is 0.754. The molecule has 18 heavy (non-hydrogen) atoms. The normalized spacial score (nSPS) is 15.0. The molecule has 0 saturated heterocycles. The maximum atomic E-state index is 9.97. The second-order valence-electron chi connectivity index (χ2n) is 4.64. The van der Waals surface area contributed by atoms with Crippen LogP contribution in [0.1, 0.15) is 39.0 Å². The van der Waals surface area contributed by atoms with E-state index in [1.54, 1.807) is 20.0 Å². The molecule has 0 atom stereocenters. The largest absolute Gasteiger partial charge is 0.386 e. The molecule has 1 aromatic rings. The summed E-state index contributed by atoms with van der Waals surface area (Å²) in [5.41, 5.74) is 3.30. The lowest BCUT2D eigenvalue weighted by atomic mass is 9.93. The fourth-order valence-electron chi connectivity index (χ4n) is 1.73. The third kappa shape index (κ3) is 3.23. The Balaban J connectivity index is 0.000000771. The highest BCUT2D eigenvalue weighted by Gasteiger charge is 2.22. The van der Waals surface area contributed by atoms with Crippen LogP contribution in [0.4, 0.5) is 0 Å². The molecule has 4 heteroatoms. The highest BCUT2D eigenvalue weighted by Crippen LogP contribution is 2.25. The van der Waals surface area contributed by atoms with Gasteiger partial charge >= 0.3 is 0 Å². The van der Waals surface area contributed by atoms with Gasteiger partial charge in [0.2, 0.25) is 0 Å². The Kier molecular flexibility index (Phi) is 4.73. The number of H-pyrrole nitrogens is 1. The number of allylic oxidation sites excluding steroid dienone is 2. The summed E-state index contributed by atoms with van der Waals surface area (Å²) in [6.45, 7) is 10.3. The summed E-state index contributed by atoms with van der Waals surface area (Å²) in [5, 5.41) is 20.1. The monoisotopic (exact) mass is 249 g/mol. The van der Waals surface area contributed by atoms with Crippen LogP contribution < -0.4 is 5.32 Å². The molecule has 2 heterocycles. The van der Waals surface area contributed by atoms with E-state index in [0.29, 0.717) is 6.54 Å². The molecule has 0 saturated carbocycles. The van der Waals surface area contributed by atoms with Crippen molar-refractivity contribution in [2.75, 3.05) is 6.54 Å². The van der Waals surface area contributed by atoms with Crippen LogP contribution in [0, 0.1) is 6.92 Å². The van der Waals surface area contributed by atoms with E-state index in [-0.39, 0.29) is 0 Å². The molecule has 0 spiro atoms. The average molecular weight is 249 g/mol. The molecule has 0 amide bonds. The number of nitrogens with zero attached hydrogens (tertiary/aromatic N) is 1. The first-order chi connectivity index (χ1) is 8.48. The van der Waals surface area contributed by atoms with Crippen molar-refractivity contribution < 1.29 is 5.11 Å². The summed E-state index contributed by atoms with van der Waals surface area (Å²) in [4.78, 5) is 0. The molecule has 0 radical (unpaired) electrons. The molecular weight excluding hydrogens is 226 g/mol. The van der Waals surface area contributed by atoms with E-state index in [9.17, 15) is 5.11 Å². The van der Waals surface area contributed by atoms with E-state index in [4.69, 9.17) is 0 Å². The van der Waals surface area contributed by atoms with E-state index in [0.717, 1.165) is 22.4 Å². The fraction of sp³-hybridized carbons (Fsp3) is 0.500. The molecule has 1 aromatic heterocycles. The van der Waals surface area contributed by atoms with Gasteiger partial charge in [-0.1, -0.05) is 13.8 Å².